The van der Waals surface area contributed by atoms with E-state index in [4.69, 9.17) is 0 Å². The van der Waals surface area contributed by atoms with Gasteiger partial charge in [0.15, 0.2) is 0 Å². The molecule has 10 nitrogen and oxygen atoms in total. The summed E-state index contributed by atoms with van der Waals surface area (Å²) in [5.74, 6) is -2.50. The van der Waals surface area contributed by atoms with Crippen molar-refractivity contribution in [2.75, 3.05) is 13.1 Å². The van der Waals surface area contributed by atoms with Crippen molar-refractivity contribution in [1.29, 1.82) is 0 Å². The molecule has 0 spiro atoms. The van der Waals surface area contributed by atoms with Crippen LogP contribution in [0.25, 0.3) is 0 Å². The summed E-state index contributed by atoms with van der Waals surface area (Å²) in [4.78, 5) is 48.1. The van der Waals surface area contributed by atoms with Gasteiger partial charge in [-0.05, 0) is 44.1 Å². The van der Waals surface area contributed by atoms with E-state index < -0.39 is 30.9 Å². The lowest BCUT2D eigenvalue weighted by Gasteiger charge is -2.29. The molecule has 1 aliphatic heterocycles. The molecule has 1 aromatic carbocycles. The van der Waals surface area contributed by atoms with Crippen molar-refractivity contribution >= 4 is 24.8 Å². The molecule has 3 rings (SSSR count). The zero-order valence-corrected chi connectivity index (χ0v) is 19.7. The van der Waals surface area contributed by atoms with E-state index in [1.54, 1.807) is 4.90 Å². The smallest absolute Gasteiger partial charge is 0.426 e. The van der Waals surface area contributed by atoms with Gasteiger partial charge in [0.05, 0.1) is 18.6 Å². The second-order valence-electron chi connectivity index (χ2n) is 8.67. The van der Waals surface area contributed by atoms with E-state index >= 15 is 0 Å². The minimum Gasteiger partial charge on any atom is -0.426 e. The quantitative estimate of drug-likeness (QED) is 0.342. The van der Waals surface area contributed by atoms with Crippen LogP contribution in [0.1, 0.15) is 54.6 Å². The third-order valence-corrected chi connectivity index (χ3v) is 6.02. The van der Waals surface area contributed by atoms with Crippen LogP contribution in [-0.4, -0.2) is 74.8 Å². The molecule has 0 radical (unpaired) electrons. The molecule has 2 atom stereocenters. The van der Waals surface area contributed by atoms with Crippen molar-refractivity contribution in [2.24, 2.45) is 0 Å². The first-order valence-electron chi connectivity index (χ1n) is 12.0. The van der Waals surface area contributed by atoms with Crippen LogP contribution in [-0.2, 0) is 16.0 Å². The maximum Gasteiger partial charge on any atom is 0.475 e. The average Bonchev–Trinajstić information content (AvgIpc) is 2.89. The third-order valence-electron chi connectivity index (χ3n) is 6.02. The predicted molar refractivity (Wildman–Crippen MR) is 130 cm³/mol. The number of likely N-dealkylation sites (tertiary alicyclic amines) is 1. The number of hydrogen-bond donors (Lipinski definition) is 4. The maximum absolute atomic E-state index is 13.1. The minimum atomic E-state index is -1.79. The zero-order valence-electron chi connectivity index (χ0n) is 19.7. The van der Waals surface area contributed by atoms with Gasteiger partial charge in [0, 0.05) is 25.5 Å². The Morgan fingerprint density at radius 1 is 1.03 bits per heavy atom. The molecule has 0 saturated carbocycles. The molecule has 0 aliphatic carbocycles. The average molecular weight is 481 g/mol. The van der Waals surface area contributed by atoms with Gasteiger partial charge in [-0.3, -0.25) is 19.4 Å². The summed E-state index contributed by atoms with van der Waals surface area (Å²) in [5, 5.41) is 24.9. The number of piperidine rings is 1. The topological polar surface area (TPSA) is 145 Å². The number of nitrogens with one attached hydrogen (secondary N) is 2. The van der Waals surface area contributed by atoms with Crippen molar-refractivity contribution in [3.05, 3.63) is 60.2 Å². The van der Waals surface area contributed by atoms with Crippen LogP contribution < -0.4 is 10.6 Å². The molecule has 3 amide bonds. The van der Waals surface area contributed by atoms with Crippen LogP contribution in [0.2, 0.25) is 0 Å². The summed E-state index contributed by atoms with van der Waals surface area (Å²) in [5.41, 5.74) is 1.11. The highest BCUT2D eigenvalue weighted by Crippen LogP contribution is 2.12. The second-order valence-corrected chi connectivity index (χ2v) is 8.67. The van der Waals surface area contributed by atoms with Crippen LogP contribution >= 0.6 is 0 Å². The molecule has 1 aliphatic rings. The molecule has 4 N–H and O–H groups in total. The van der Waals surface area contributed by atoms with Crippen LogP contribution in [0.4, 0.5) is 0 Å². The number of hydrogen-bond acceptors (Lipinski definition) is 7. The molecule has 35 heavy (non-hydrogen) atoms. The van der Waals surface area contributed by atoms with E-state index in [-0.39, 0.29) is 18.0 Å². The monoisotopic (exact) mass is 481 g/mol. The number of carbonyl (C=O) groups excluding carboxylic acids is 3. The molecule has 0 bridgehead atoms. The van der Waals surface area contributed by atoms with Gasteiger partial charge in [-0.25, -0.2) is 4.98 Å². The first-order chi connectivity index (χ1) is 16.9. The van der Waals surface area contributed by atoms with Gasteiger partial charge in [0.1, 0.15) is 11.7 Å². The van der Waals surface area contributed by atoms with Gasteiger partial charge in [-0.2, -0.15) is 0 Å². The molecule has 1 fully saturated rings. The molecule has 2 aromatic rings. The van der Waals surface area contributed by atoms with E-state index in [0.29, 0.717) is 32.4 Å². The Morgan fingerprint density at radius 2 is 1.77 bits per heavy atom. The summed E-state index contributed by atoms with van der Waals surface area (Å²) in [6.07, 6.45) is 8.27. The fourth-order valence-corrected chi connectivity index (χ4v) is 4.05. The third kappa shape index (κ3) is 8.45. The zero-order chi connectivity index (χ0) is 25.0. The number of amides is 3. The van der Waals surface area contributed by atoms with Crippen molar-refractivity contribution in [3.8, 4) is 0 Å². The van der Waals surface area contributed by atoms with Crippen molar-refractivity contribution in [3.63, 3.8) is 0 Å². The molecule has 1 aromatic heterocycles. The standard InChI is InChI=1S/C24H32BN5O5/c31-22(30-14-5-2-6-15-30)16-19(28-24(33)20-17-26-12-13-27-20)23(32)29-21(25(34)35)11-7-10-18-8-3-1-4-9-18/h1,3-4,8-9,12-13,17,19,21,34-35H,2,5-7,10-11,14-16H2,(H,28,33)(H,29,32)/t19-,21+/m1/s1. The normalized spacial score (nSPS) is 15.1. The van der Waals surface area contributed by atoms with Gasteiger partial charge >= 0.3 is 7.12 Å². The SMILES string of the molecule is O=C(N[C@H](CC(=O)N1CCCCC1)C(=O)N[C@@H](CCCc1ccccc1)B(O)O)c1cnccn1. The summed E-state index contributed by atoms with van der Waals surface area (Å²) in [6, 6.07) is 8.54. The molecule has 1 saturated heterocycles. The largest absolute Gasteiger partial charge is 0.475 e. The van der Waals surface area contributed by atoms with Crippen molar-refractivity contribution in [2.45, 2.75) is 56.9 Å². The second kappa shape index (κ2) is 13.5. The Balaban J connectivity index is 1.65. The number of aromatic nitrogens is 2. The van der Waals surface area contributed by atoms with Crippen molar-refractivity contribution < 1.29 is 24.4 Å². The minimum absolute atomic E-state index is 0.0114. The van der Waals surface area contributed by atoms with Gasteiger partial charge in [0.25, 0.3) is 5.91 Å². The Labute approximate surface area is 205 Å². The van der Waals surface area contributed by atoms with E-state index in [0.717, 1.165) is 24.8 Å². The molecule has 2 heterocycles. The lowest BCUT2D eigenvalue weighted by molar-refractivity contribution is -0.135. The highest BCUT2D eigenvalue weighted by molar-refractivity contribution is 6.43. The summed E-state index contributed by atoms with van der Waals surface area (Å²) in [7, 11) is -1.79. The van der Waals surface area contributed by atoms with E-state index in [2.05, 4.69) is 20.6 Å². The fourth-order valence-electron chi connectivity index (χ4n) is 4.05. The molecular formula is C24H32BN5O5. The first kappa shape index (κ1) is 26.3. The number of benzene rings is 1. The lowest BCUT2D eigenvalue weighted by Crippen LogP contribution is -2.55. The molecule has 0 unspecified atom stereocenters. The number of aryl methyl sites for hydroxylation is 1. The van der Waals surface area contributed by atoms with Gasteiger partial charge in [0.2, 0.25) is 11.8 Å². The lowest BCUT2D eigenvalue weighted by atomic mass is 9.76. The van der Waals surface area contributed by atoms with E-state index in [1.807, 2.05) is 30.3 Å². The van der Waals surface area contributed by atoms with Crippen LogP contribution in [0.5, 0.6) is 0 Å². The Bertz CT molecular complexity index is 957. The molecule has 11 heteroatoms. The van der Waals surface area contributed by atoms with Gasteiger partial charge < -0.3 is 25.6 Å². The van der Waals surface area contributed by atoms with E-state index in [9.17, 15) is 24.4 Å². The maximum atomic E-state index is 13.1. The van der Waals surface area contributed by atoms with Crippen LogP contribution in [0.15, 0.2) is 48.9 Å². The van der Waals surface area contributed by atoms with E-state index in [1.165, 1.54) is 18.6 Å². The fraction of sp³-hybridized carbons (Fsp3) is 0.458. The van der Waals surface area contributed by atoms with Crippen LogP contribution in [0.3, 0.4) is 0 Å². The van der Waals surface area contributed by atoms with Gasteiger partial charge in [-0.1, -0.05) is 30.3 Å². The molecule has 186 valence electrons. The highest BCUT2D eigenvalue weighted by Gasteiger charge is 2.32. The predicted octanol–water partition coefficient (Wildman–Crippen LogP) is 0.497. The summed E-state index contributed by atoms with van der Waals surface area (Å²) >= 11 is 0. The summed E-state index contributed by atoms with van der Waals surface area (Å²) in [6.45, 7) is 1.23. The Hall–Kier alpha value is -3.31. The number of carbonyl (C=O) groups is 3. The van der Waals surface area contributed by atoms with Crippen molar-refractivity contribution in [1.82, 2.24) is 25.5 Å². The summed E-state index contributed by atoms with van der Waals surface area (Å²) < 4.78 is 0. The number of nitrogens with zero attached hydrogens (tertiary/aromatic N) is 3. The molecular weight excluding hydrogens is 449 g/mol. The highest BCUT2D eigenvalue weighted by atomic mass is 16.4. The van der Waals surface area contributed by atoms with Gasteiger partial charge in [-0.15, -0.1) is 0 Å². The first-order valence-corrected chi connectivity index (χ1v) is 12.0. The Morgan fingerprint density at radius 3 is 2.43 bits per heavy atom. The number of rotatable bonds is 11. The van der Waals surface area contributed by atoms with Crippen LogP contribution in [0, 0.1) is 0 Å². The Kier molecular flexibility index (Phi) is 10.2.